The Balaban J connectivity index is 1.25. The molecule has 26 heavy (non-hydrogen) atoms. The number of likely N-dealkylation sites (tertiary alicyclic amines) is 1. The lowest BCUT2D eigenvalue weighted by molar-refractivity contribution is -0.133. The van der Waals surface area contributed by atoms with Crippen LogP contribution in [0.15, 0.2) is 34.9 Å². The van der Waals surface area contributed by atoms with Gasteiger partial charge in [0, 0.05) is 25.4 Å². The predicted molar refractivity (Wildman–Crippen MR) is 95.4 cm³/mol. The number of nitrogens with zero attached hydrogens (tertiary/aromatic N) is 3. The first-order valence-electron chi connectivity index (χ1n) is 9.52. The number of hydrogen-bond acceptors (Lipinski definition) is 5. The molecule has 1 saturated carbocycles. The smallest absolute Gasteiger partial charge is 0.231 e. The van der Waals surface area contributed by atoms with Crippen molar-refractivity contribution >= 4 is 5.91 Å². The quantitative estimate of drug-likeness (QED) is 0.714. The van der Waals surface area contributed by atoms with E-state index >= 15 is 0 Å². The standard InChI is InChI=1S/C20H25N3O3/c24-20(16-8-9-16)23-11-4-7-17(13-23)19-21-18(22-26-19)10-12-25-14-15-5-2-1-3-6-15/h1-3,5-6,16-17H,4,7-14H2. The summed E-state index contributed by atoms with van der Waals surface area (Å²) in [5, 5.41) is 4.08. The van der Waals surface area contributed by atoms with E-state index in [1.165, 1.54) is 0 Å². The highest BCUT2D eigenvalue weighted by Gasteiger charge is 2.36. The van der Waals surface area contributed by atoms with Crippen LogP contribution in [0.1, 0.15) is 48.9 Å². The third-order valence-electron chi connectivity index (χ3n) is 5.07. The summed E-state index contributed by atoms with van der Waals surface area (Å²) in [6, 6.07) is 10.1. The highest BCUT2D eigenvalue weighted by molar-refractivity contribution is 5.81. The molecule has 1 aliphatic carbocycles. The molecule has 0 radical (unpaired) electrons. The largest absolute Gasteiger partial charge is 0.376 e. The fraction of sp³-hybridized carbons (Fsp3) is 0.550. The number of piperidine rings is 1. The van der Waals surface area contributed by atoms with E-state index < -0.39 is 0 Å². The molecule has 138 valence electrons. The molecule has 2 aromatic rings. The Morgan fingerprint density at radius 3 is 2.88 bits per heavy atom. The molecule has 1 aromatic carbocycles. The number of carbonyl (C=O) groups is 1. The summed E-state index contributed by atoms with van der Waals surface area (Å²) in [6.45, 7) is 2.72. The van der Waals surface area contributed by atoms with E-state index in [1.807, 2.05) is 35.2 Å². The summed E-state index contributed by atoms with van der Waals surface area (Å²) in [5.41, 5.74) is 1.16. The van der Waals surface area contributed by atoms with Crippen LogP contribution in [-0.2, 0) is 22.6 Å². The highest BCUT2D eigenvalue weighted by Crippen LogP contribution is 2.34. The Bertz CT molecular complexity index is 727. The maximum atomic E-state index is 12.3. The normalized spacial score (nSPS) is 20.3. The zero-order chi connectivity index (χ0) is 17.8. The van der Waals surface area contributed by atoms with Gasteiger partial charge in [-0.25, -0.2) is 0 Å². The monoisotopic (exact) mass is 355 g/mol. The number of benzene rings is 1. The van der Waals surface area contributed by atoms with Gasteiger partial charge in [-0.15, -0.1) is 0 Å². The first-order valence-corrected chi connectivity index (χ1v) is 9.52. The number of rotatable bonds is 7. The van der Waals surface area contributed by atoms with E-state index in [9.17, 15) is 4.79 Å². The van der Waals surface area contributed by atoms with Crippen molar-refractivity contribution in [3.05, 3.63) is 47.6 Å². The van der Waals surface area contributed by atoms with Crippen LogP contribution < -0.4 is 0 Å². The molecule has 1 aliphatic heterocycles. The van der Waals surface area contributed by atoms with Gasteiger partial charge in [0.1, 0.15) is 0 Å². The zero-order valence-corrected chi connectivity index (χ0v) is 15.0. The Kier molecular flexibility index (Phi) is 5.29. The maximum Gasteiger partial charge on any atom is 0.231 e. The molecule has 2 heterocycles. The SMILES string of the molecule is O=C(C1CC1)N1CCCC(c2nc(CCOCc3ccccc3)no2)C1. The van der Waals surface area contributed by atoms with Gasteiger partial charge in [0.15, 0.2) is 5.82 Å². The van der Waals surface area contributed by atoms with Gasteiger partial charge in [0.05, 0.1) is 19.1 Å². The number of carbonyl (C=O) groups excluding carboxylic acids is 1. The Hall–Kier alpha value is -2.21. The van der Waals surface area contributed by atoms with Crippen molar-refractivity contribution in [2.45, 2.75) is 44.6 Å². The molecule has 0 bridgehead atoms. The fourth-order valence-electron chi connectivity index (χ4n) is 3.43. The molecular weight excluding hydrogens is 330 g/mol. The topological polar surface area (TPSA) is 68.5 Å². The van der Waals surface area contributed by atoms with Crippen molar-refractivity contribution in [3.63, 3.8) is 0 Å². The third kappa shape index (κ3) is 4.30. The van der Waals surface area contributed by atoms with Gasteiger partial charge in [-0.05, 0) is 31.2 Å². The zero-order valence-electron chi connectivity index (χ0n) is 15.0. The molecule has 1 amide bonds. The van der Waals surface area contributed by atoms with Crippen molar-refractivity contribution in [2.75, 3.05) is 19.7 Å². The van der Waals surface area contributed by atoms with Gasteiger partial charge in [0.25, 0.3) is 0 Å². The molecular formula is C20H25N3O3. The van der Waals surface area contributed by atoms with Crippen LogP contribution in [0.2, 0.25) is 0 Å². The molecule has 0 N–H and O–H groups in total. The van der Waals surface area contributed by atoms with E-state index in [4.69, 9.17) is 9.26 Å². The van der Waals surface area contributed by atoms with Gasteiger partial charge < -0.3 is 14.2 Å². The van der Waals surface area contributed by atoms with Crippen LogP contribution in [0.3, 0.4) is 0 Å². The van der Waals surface area contributed by atoms with Crippen molar-refractivity contribution in [1.29, 1.82) is 0 Å². The van der Waals surface area contributed by atoms with Crippen LogP contribution in [0, 0.1) is 5.92 Å². The summed E-state index contributed by atoms with van der Waals surface area (Å²) in [6.07, 6.45) is 4.73. The molecule has 1 aromatic heterocycles. The predicted octanol–water partition coefficient (Wildman–Crippen LogP) is 2.94. The minimum absolute atomic E-state index is 0.165. The van der Waals surface area contributed by atoms with E-state index in [0.717, 1.165) is 37.8 Å². The molecule has 4 rings (SSSR count). The lowest BCUT2D eigenvalue weighted by Gasteiger charge is -2.31. The molecule has 2 fully saturated rings. The minimum atomic E-state index is 0.165. The van der Waals surface area contributed by atoms with Crippen LogP contribution >= 0.6 is 0 Å². The Morgan fingerprint density at radius 1 is 1.23 bits per heavy atom. The van der Waals surface area contributed by atoms with Gasteiger partial charge >= 0.3 is 0 Å². The molecule has 1 atom stereocenters. The van der Waals surface area contributed by atoms with E-state index in [1.54, 1.807) is 0 Å². The van der Waals surface area contributed by atoms with Crippen molar-refractivity contribution in [2.24, 2.45) is 5.92 Å². The van der Waals surface area contributed by atoms with Crippen LogP contribution in [0.5, 0.6) is 0 Å². The molecule has 1 unspecified atom stereocenters. The summed E-state index contributed by atoms with van der Waals surface area (Å²) >= 11 is 0. The lowest BCUT2D eigenvalue weighted by atomic mass is 9.97. The summed E-state index contributed by atoms with van der Waals surface area (Å²) in [5.74, 6) is 2.09. The first kappa shape index (κ1) is 17.2. The second-order valence-electron chi connectivity index (χ2n) is 7.23. The first-order chi connectivity index (χ1) is 12.8. The minimum Gasteiger partial charge on any atom is -0.376 e. The summed E-state index contributed by atoms with van der Waals surface area (Å²) < 4.78 is 11.2. The van der Waals surface area contributed by atoms with Gasteiger partial charge in [0.2, 0.25) is 11.8 Å². The van der Waals surface area contributed by atoms with E-state index in [2.05, 4.69) is 10.1 Å². The molecule has 2 aliphatic rings. The Labute approximate surface area is 153 Å². The maximum absolute atomic E-state index is 12.3. The van der Waals surface area contributed by atoms with Crippen molar-refractivity contribution in [1.82, 2.24) is 15.0 Å². The number of aromatic nitrogens is 2. The molecule has 6 nitrogen and oxygen atoms in total. The average Bonchev–Trinajstić information content (AvgIpc) is 3.44. The second kappa shape index (κ2) is 7.99. The van der Waals surface area contributed by atoms with Gasteiger partial charge in [-0.2, -0.15) is 4.98 Å². The highest BCUT2D eigenvalue weighted by atomic mass is 16.5. The van der Waals surface area contributed by atoms with Crippen LogP contribution in [0.25, 0.3) is 0 Å². The van der Waals surface area contributed by atoms with Crippen LogP contribution in [-0.4, -0.2) is 40.6 Å². The number of hydrogen-bond donors (Lipinski definition) is 0. The lowest BCUT2D eigenvalue weighted by Crippen LogP contribution is -2.40. The fourth-order valence-corrected chi connectivity index (χ4v) is 3.43. The second-order valence-corrected chi connectivity index (χ2v) is 7.23. The summed E-state index contributed by atoms with van der Waals surface area (Å²) in [4.78, 5) is 18.8. The molecule has 1 saturated heterocycles. The average molecular weight is 355 g/mol. The molecule has 6 heteroatoms. The number of ether oxygens (including phenoxy) is 1. The van der Waals surface area contributed by atoms with Gasteiger partial charge in [-0.3, -0.25) is 4.79 Å². The van der Waals surface area contributed by atoms with Crippen LogP contribution in [0.4, 0.5) is 0 Å². The van der Waals surface area contributed by atoms with Crippen molar-refractivity contribution in [3.8, 4) is 0 Å². The van der Waals surface area contributed by atoms with E-state index in [-0.39, 0.29) is 11.8 Å². The third-order valence-corrected chi connectivity index (χ3v) is 5.07. The molecule has 0 spiro atoms. The van der Waals surface area contributed by atoms with Crippen molar-refractivity contribution < 1.29 is 14.1 Å². The Morgan fingerprint density at radius 2 is 2.08 bits per heavy atom. The van der Waals surface area contributed by atoms with Gasteiger partial charge in [-0.1, -0.05) is 35.5 Å². The summed E-state index contributed by atoms with van der Waals surface area (Å²) in [7, 11) is 0. The number of amides is 1. The van der Waals surface area contributed by atoms with E-state index in [0.29, 0.717) is 43.8 Å².